The summed E-state index contributed by atoms with van der Waals surface area (Å²) >= 11 is 5.82. The number of hydrogen-bond acceptors (Lipinski definition) is 4. The summed E-state index contributed by atoms with van der Waals surface area (Å²) in [4.78, 5) is 20.2. The van der Waals surface area contributed by atoms with Crippen LogP contribution in [0, 0.1) is 5.41 Å². The Morgan fingerprint density at radius 2 is 1.95 bits per heavy atom. The summed E-state index contributed by atoms with van der Waals surface area (Å²) in [7, 11) is 0. The van der Waals surface area contributed by atoms with Gasteiger partial charge in [-0.05, 0) is 45.6 Å². The average molecular weight is 312 g/mol. The van der Waals surface area contributed by atoms with E-state index in [1.54, 1.807) is 18.5 Å². The van der Waals surface area contributed by atoms with Gasteiger partial charge in [-0.2, -0.15) is 0 Å². The van der Waals surface area contributed by atoms with Crippen molar-refractivity contribution in [2.75, 3.05) is 5.88 Å². The Kier molecular flexibility index (Phi) is 5.39. The number of carbonyl (C=O) groups is 1. The molecule has 0 atom stereocenters. The number of nitrogens with zero attached hydrogens (tertiary/aromatic N) is 2. The first-order valence-electron chi connectivity index (χ1n) is 7.32. The Hall–Kier alpha value is -1.36. The molecule has 1 aromatic rings. The van der Waals surface area contributed by atoms with E-state index < -0.39 is 5.41 Å². The Bertz CT molecular complexity index is 459. The van der Waals surface area contributed by atoms with E-state index in [9.17, 15) is 4.79 Å². The second kappa shape index (κ2) is 7.07. The van der Waals surface area contributed by atoms with E-state index in [1.165, 1.54) is 0 Å². The molecule has 116 valence electrons. The highest BCUT2D eigenvalue weighted by Gasteiger charge is 2.30. The van der Waals surface area contributed by atoms with Crippen molar-refractivity contribution in [2.24, 2.45) is 5.41 Å². The lowest BCUT2D eigenvalue weighted by Crippen LogP contribution is -2.46. The molecule has 1 N–H and O–H groups in total. The molecule has 5 nitrogen and oxygen atoms in total. The molecule has 0 saturated heterocycles. The van der Waals surface area contributed by atoms with Crippen molar-refractivity contribution in [3.05, 3.63) is 18.5 Å². The number of ether oxygens (including phenoxy) is 1. The maximum Gasteiger partial charge on any atom is 0.316 e. The number of aromatic nitrogens is 2. The van der Waals surface area contributed by atoms with Crippen LogP contribution in [0.2, 0.25) is 0 Å². The molecule has 0 aromatic carbocycles. The number of carbonyl (C=O) groups excluding carboxylic acids is 1. The lowest BCUT2D eigenvalue weighted by atomic mass is 9.90. The molecule has 1 aromatic heterocycles. The fourth-order valence-electron chi connectivity index (χ4n) is 2.26. The van der Waals surface area contributed by atoms with Gasteiger partial charge < -0.3 is 10.1 Å². The Morgan fingerprint density at radius 1 is 1.33 bits per heavy atom. The van der Waals surface area contributed by atoms with E-state index in [-0.39, 0.29) is 18.1 Å². The lowest BCUT2D eigenvalue weighted by Gasteiger charge is -2.31. The van der Waals surface area contributed by atoms with E-state index in [0.29, 0.717) is 11.9 Å². The molecule has 1 aliphatic carbocycles. The highest BCUT2D eigenvalue weighted by molar-refractivity contribution is 6.19. The maximum atomic E-state index is 12.1. The van der Waals surface area contributed by atoms with Gasteiger partial charge in [0.25, 0.3) is 0 Å². The molecule has 21 heavy (non-hydrogen) atoms. The first kappa shape index (κ1) is 16.0. The average Bonchev–Trinajstić information content (AvgIpc) is 2.50. The molecule has 1 saturated carbocycles. The van der Waals surface area contributed by atoms with Gasteiger partial charge >= 0.3 is 6.01 Å². The monoisotopic (exact) mass is 311 g/mol. The maximum absolute atomic E-state index is 12.1. The topological polar surface area (TPSA) is 64.1 Å². The second-order valence-corrected chi connectivity index (χ2v) is 6.38. The molecule has 1 aliphatic rings. The molecule has 6 heteroatoms. The zero-order valence-electron chi connectivity index (χ0n) is 12.5. The third-order valence-corrected chi connectivity index (χ3v) is 4.44. The summed E-state index contributed by atoms with van der Waals surface area (Å²) in [5.74, 6) is 0.344. The molecule has 1 fully saturated rings. The number of rotatable bonds is 5. The molecular weight excluding hydrogens is 290 g/mol. The first-order valence-corrected chi connectivity index (χ1v) is 7.85. The summed E-state index contributed by atoms with van der Waals surface area (Å²) < 4.78 is 5.74. The molecule has 1 heterocycles. The molecule has 0 radical (unpaired) electrons. The largest absolute Gasteiger partial charge is 0.460 e. The van der Waals surface area contributed by atoms with Gasteiger partial charge in [-0.1, -0.05) is 0 Å². The van der Waals surface area contributed by atoms with Crippen LogP contribution in [0.15, 0.2) is 18.5 Å². The van der Waals surface area contributed by atoms with E-state index in [4.69, 9.17) is 16.3 Å². The zero-order valence-corrected chi connectivity index (χ0v) is 13.3. The molecular formula is C15H22ClN3O2. The van der Waals surface area contributed by atoms with E-state index in [2.05, 4.69) is 15.3 Å². The molecule has 1 amide bonds. The summed E-state index contributed by atoms with van der Waals surface area (Å²) in [6.45, 7) is 3.72. The molecule has 0 spiro atoms. The van der Waals surface area contributed by atoms with Crippen molar-refractivity contribution in [1.82, 2.24) is 15.3 Å². The fourth-order valence-corrected chi connectivity index (χ4v) is 2.38. The number of nitrogens with one attached hydrogen (secondary N) is 1. The van der Waals surface area contributed by atoms with Gasteiger partial charge in [0, 0.05) is 24.3 Å². The minimum Gasteiger partial charge on any atom is -0.460 e. The Labute approximate surface area is 130 Å². The van der Waals surface area contributed by atoms with Crippen LogP contribution in [0.3, 0.4) is 0 Å². The predicted octanol–water partition coefficient (Wildman–Crippen LogP) is 2.55. The van der Waals surface area contributed by atoms with Gasteiger partial charge in [0.2, 0.25) is 5.91 Å². The third kappa shape index (κ3) is 4.56. The van der Waals surface area contributed by atoms with E-state index in [0.717, 1.165) is 25.7 Å². The molecule has 0 bridgehead atoms. The Morgan fingerprint density at radius 3 is 2.52 bits per heavy atom. The first-order chi connectivity index (χ1) is 10.0. The SMILES string of the molecule is CC(C)(CCl)C(=O)NC1CCC(Oc2ncccn2)CC1. The van der Waals surface area contributed by atoms with Gasteiger partial charge in [0.15, 0.2) is 0 Å². The van der Waals surface area contributed by atoms with Crippen LogP contribution in [0.4, 0.5) is 0 Å². The number of hydrogen-bond donors (Lipinski definition) is 1. The number of amides is 1. The van der Waals surface area contributed by atoms with Crippen molar-refractivity contribution in [2.45, 2.75) is 51.7 Å². The van der Waals surface area contributed by atoms with Crippen molar-refractivity contribution in [3.63, 3.8) is 0 Å². The zero-order chi connectivity index (χ0) is 15.3. The van der Waals surface area contributed by atoms with Crippen molar-refractivity contribution >= 4 is 17.5 Å². The van der Waals surface area contributed by atoms with Crippen molar-refractivity contribution < 1.29 is 9.53 Å². The predicted molar refractivity (Wildman–Crippen MR) is 81.3 cm³/mol. The second-order valence-electron chi connectivity index (χ2n) is 6.11. The van der Waals surface area contributed by atoms with Gasteiger partial charge in [-0.15, -0.1) is 11.6 Å². The van der Waals surface area contributed by atoms with Crippen LogP contribution in [-0.2, 0) is 4.79 Å². The number of alkyl halides is 1. The van der Waals surface area contributed by atoms with Gasteiger partial charge in [0.05, 0.1) is 5.41 Å². The van der Waals surface area contributed by atoms with Crippen molar-refractivity contribution in [3.8, 4) is 6.01 Å². The molecule has 0 unspecified atom stereocenters. The van der Waals surface area contributed by atoms with Crippen LogP contribution < -0.4 is 10.1 Å². The Balaban J connectivity index is 1.77. The number of halogens is 1. The minimum atomic E-state index is -0.521. The minimum absolute atomic E-state index is 0.0215. The van der Waals surface area contributed by atoms with Crippen LogP contribution >= 0.6 is 11.6 Å². The van der Waals surface area contributed by atoms with Crippen molar-refractivity contribution in [1.29, 1.82) is 0 Å². The smallest absolute Gasteiger partial charge is 0.316 e. The normalized spacial score (nSPS) is 22.6. The van der Waals surface area contributed by atoms with E-state index in [1.807, 2.05) is 13.8 Å². The quantitative estimate of drug-likeness (QED) is 0.849. The van der Waals surface area contributed by atoms with Crippen LogP contribution in [0.25, 0.3) is 0 Å². The van der Waals surface area contributed by atoms with Crippen LogP contribution in [0.1, 0.15) is 39.5 Å². The van der Waals surface area contributed by atoms with Crippen LogP contribution in [0.5, 0.6) is 6.01 Å². The molecule has 0 aliphatic heterocycles. The standard InChI is InChI=1S/C15H22ClN3O2/c1-15(2,10-16)13(20)19-11-4-6-12(7-5-11)21-14-17-8-3-9-18-14/h3,8-9,11-12H,4-7,10H2,1-2H3,(H,19,20). The lowest BCUT2D eigenvalue weighted by molar-refractivity contribution is -0.129. The summed E-state index contributed by atoms with van der Waals surface area (Å²) in [5, 5.41) is 3.08. The van der Waals surface area contributed by atoms with Gasteiger partial charge in [-0.25, -0.2) is 9.97 Å². The fraction of sp³-hybridized carbons (Fsp3) is 0.667. The molecule has 2 rings (SSSR count). The third-order valence-electron chi connectivity index (χ3n) is 3.77. The van der Waals surface area contributed by atoms with E-state index >= 15 is 0 Å². The highest BCUT2D eigenvalue weighted by atomic mass is 35.5. The summed E-state index contributed by atoms with van der Waals surface area (Å²) in [6.07, 6.45) is 7.06. The van der Waals surface area contributed by atoms with Gasteiger partial charge in [0.1, 0.15) is 6.10 Å². The summed E-state index contributed by atoms with van der Waals surface area (Å²) in [5.41, 5.74) is -0.521. The highest BCUT2D eigenvalue weighted by Crippen LogP contribution is 2.24. The van der Waals surface area contributed by atoms with Crippen LogP contribution in [-0.4, -0.2) is 33.9 Å². The van der Waals surface area contributed by atoms with Gasteiger partial charge in [-0.3, -0.25) is 4.79 Å². The summed E-state index contributed by atoms with van der Waals surface area (Å²) in [6, 6.07) is 2.39.